The van der Waals surface area contributed by atoms with Crippen LogP contribution >= 0.6 is 11.3 Å². The lowest BCUT2D eigenvalue weighted by molar-refractivity contribution is 0.192. The molecule has 0 amide bonds. The number of thiophene rings is 1. The average Bonchev–Trinajstić information content (AvgIpc) is 2.76. The molecule has 88 valence electrons. The molecule has 1 rings (SSSR count). The minimum absolute atomic E-state index is 0.0808. The van der Waals surface area contributed by atoms with Gasteiger partial charge in [-0.3, -0.25) is 4.90 Å². The van der Waals surface area contributed by atoms with Crippen LogP contribution in [0.2, 0.25) is 0 Å². The smallest absolute Gasteiger partial charge is 0.0635 e. The second kappa shape index (κ2) is 6.64. The van der Waals surface area contributed by atoms with Gasteiger partial charge in [0.2, 0.25) is 0 Å². The van der Waals surface area contributed by atoms with E-state index in [2.05, 4.69) is 29.3 Å². The van der Waals surface area contributed by atoms with Crippen molar-refractivity contribution in [3.8, 4) is 6.07 Å². The van der Waals surface area contributed by atoms with Gasteiger partial charge in [0.1, 0.15) is 0 Å². The van der Waals surface area contributed by atoms with Crippen LogP contribution in [0.15, 0.2) is 17.5 Å². The van der Waals surface area contributed by atoms with Crippen molar-refractivity contribution < 1.29 is 0 Å². The summed E-state index contributed by atoms with van der Waals surface area (Å²) in [5, 5.41) is 10.7. The van der Waals surface area contributed by atoms with E-state index in [4.69, 9.17) is 11.0 Å². The number of likely N-dealkylation sites (N-methyl/N-ethyl adjacent to an activating group) is 1. The zero-order chi connectivity index (χ0) is 12.0. The van der Waals surface area contributed by atoms with Gasteiger partial charge in [-0.25, -0.2) is 0 Å². The molecule has 0 bridgehead atoms. The van der Waals surface area contributed by atoms with Crippen molar-refractivity contribution in [1.82, 2.24) is 4.90 Å². The molecule has 4 heteroatoms. The van der Waals surface area contributed by atoms with E-state index in [-0.39, 0.29) is 12.1 Å². The Morgan fingerprint density at radius 1 is 1.62 bits per heavy atom. The molecule has 2 N–H and O–H groups in total. The highest BCUT2D eigenvalue weighted by Gasteiger charge is 2.23. The minimum Gasteiger partial charge on any atom is -0.326 e. The quantitative estimate of drug-likeness (QED) is 0.826. The van der Waals surface area contributed by atoms with Crippen molar-refractivity contribution in [1.29, 1.82) is 5.26 Å². The number of hydrogen-bond acceptors (Lipinski definition) is 4. The summed E-state index contributed by atoms with van der Waals surface area (Å²) in [5.74, 6) is 0. The number of nitrogens with zero attached hydrogens (tertiary/aromatic N) is 2. The molecule has 1 aromatic heterocycles. The van der Waals surface area contributed by atoms with E-state index >= 15 is 0 Å². The third-order valence-electron chi connectivity index (χ3n) is 2.64. The summed E-state index contributed by atoms with van der Waals surface area (Å²) >= 11 is 1.73. The highest BCUT2D eigenvalue weighted by molar-refractivity contribution is 7.10. The van der Waals surface area contributed by atoms with Crippen molar-refractivity contribution in [3.63, 3.8) is 0 Å². The van der Waals surface area contributed by atoms with Gasteiger partial charge in [-0.15, -0.1) is 11.3 Å². The molecule has 0 aromatic carbocycles. The maximum atomic E-state index is 8.66. The molecule has 1 aromatic rings. The molecule has 1 heterocycles. The van der Waals surface area contributed by atoms with Gasteiger partial charge in [0, 0.05) is 23.9 Å². The van der Waals surface area contributed by atoms with Gasteiger partial charge in [0.25, 0.3) is 0 Å². The van der Waals surface area contributed by atoms with Crippen LogP contribution in [-0.2, 0) is 0 Å². The molecule has 0 saturated carbocycles. The third-order valence-corrected chi connectivity index (χ3v) is 3.59. The molecular weight excluding hydrogens is 218 g/mol. The van der Waals surface area contributed by atoms with E-state index < -0.39 is 0 Å². The number of nitriles is 1. The largest absolute Gasteiger partial charge is 0.326 e. The van der Waals surface area contributed by atoms with Crippen molar-refractivity contribution in [2.45, 2.75) is 32.4 Å². The molecule has 0 aliphatic carbocycles. The van der Waals surface area contributed by atoms with Crippen LogP contribution in [0, 0.1) is 11.3 Å². The van der Waals surface area contributed by atoms with Gasteiger partial charge < -0.3 is 5.73 Å². The lowest BCUT2D eigenvalue weighted by Gasteiger charge is -2.32. The van der Waals surface area contributed by atoms with Gasteiger partial charge in [0.15, 0.2) is 0 Å². The molecule has 16 heavy (non-hydrogen) atoms. The second-order valence-electron chi connectivity index (χ2n) is 3.86. The van der Waals surface area contributed by atoms with E-state index in [0.717, 1.165) is 13.1 Å². The zero-order valence-electron chi connectivity index (χ0n) is 9.89. The van der Waals surface area contributed by atoms with Crippen LogP contribution in [-0.4, -0.2) is 24.0 Å². The number of nitrogens with two attached hydrogens (primary N) is 1. The van der Waals surface area contributed by atoms with Gasteiger partial charge in [-0.1, -0.05) is 13.0 Å². The fourth-order valence-corrected chi connectivity index (χ4v) is 2.89. The zero-order valence-corrected chi connectivity index (χ0v) is 10.7. The topological polar surface area (TPSA) is 53.0 Å². The Hall–Kier alpha value is -0.890. The van der Waals surface area contributed by atoms with E-state index in [9.17, 15) is 0 Å². The Kier molecular flexibility index (Phi) is 5.47. The molecule has 0 aliphatic heterocycles. The van der Waals surface area contributed by atoms with Gasteiger partial charge in [-0.05, 0) is 24.9 Å². The molecule has 2 unspecified atom stereocenters. The van der Waals surface area contributed by atoms with Crippen molar-refractivity contribution in [3.05, 3.63) is 22.4 Å². The summed E-state index contributed by atoms with van der Waals surface area (Å²) in [6.07, 6.45) is 0.558. The fraction of sp³-hybridized carbons (Fsp3) is 0.583. The number of rotatable bonds is 6. The maximum Gasteiger partial charge on any atom is 0.0635 e. The minimum atomic E-state index is 0.0808. The molecule has 0 saturated heterocycles. The summed E-state index contributed by atoms with van der Waals surface area (Å²) in [6.45, 7) is 5.85. The first-order valence-corrected chi connectivity index (χ1v) is 6.48. The van der Waals surface area contributed by atoms with Crippen LogP contribution < -0.4 is 5.73 Å². The summed E-state index contributed by atoms with van der Waals surface area (Å²) in [6, 6.07) is 6.68. The Balaban J connectivity index is 2.79. The summed E-state index contributed by atoms with van der Waals surface area (Å²) < 4.78 is 0. The average molecular weight is 237 g/mol. The van der Waals surface area contributed by atoms with Crippen LogP contribution in [0.25, 0.3) is 0 Å². The number of hydrogen-bond donors (Lipinski definition) is 1. The Labute approximate surface area is 101 Å². The van der Waals surface area contributed by atoms with E-state index in [0.29, 0.717) is 6.42 Å². The van der Waals surface area contributed by atoms with Crippen LogP contribution in [0.5, 0.6) is 0 Å². The molecule has 0 aliphatic rings. The van der Waals surface area contributed by atoms with Crippen LogP contribution in [0.3, 0.4) is 0 Å². The molecule has 3 nitrogen and oxygen atoms in total. The Morgan fingerprint density at radius 3 is 2.81 bits per heavy atom. The van der Waals surface area contributed by atoms with E-state index in [1.807, 2.05) is 13.0 Å². The Morgan fingerprint density at radius 2 is 2.38 bits per heavy atom. The lowest BCUT2D eigenvalue weighted by Crippen LogP contribution is -2.39. The molecule has 0 fully saturated rings. The predicted molar refractivity (Wildman–Crippen MR) is 68.2 cm³/mol. The highest BCUT2D eigenvalue weighted by Crippen LogP contribution is 2.27. The Bertz CT molecular complexity index is 327. The molecule has 0 spiro atoms. The normalized spacial score (nSPS) is 14.7. The fourth-order valence-electron chi connectivity index (χ4n) is 1.92. The van der Waals surface area contributed by atoms with E-state index in [1.54, 1.807) is 11.3 Å². The first-order valence-electron chi connectivity index (χ1n) is 5.60. The van der Waals surface area contributed by atoms with Gasteiger partial charge >= 0.3 is 0 Å². The first kappa shape index (κ1) is 13.2. The monoisotopic (exact) mass is 237 g/mol. The van der Waals surface area contributed by atoms with Crippen molar-refractivity contribution in [2.75, 3.05) is 13.1 Å². The molecule has 2 atom stereocenters. The summed E-state index contributed by atoms with van der Waals surface area (Å²) in [7, 11) is 0. The molecular formula is C12H19N3S. The van der Waals surface area contributed by atoms with Crippen LogP contribution in [0.4, 0.5) is 0 Å². The first-order chi connectivity index (χ1) is 7.70. The predicted octanol–water partition coefficient (Wildman–Crippen LogP) is 2.37. The maximum absolute atomic E-state index is 8.66. The standard InChI is InChI=1S/C12H19N3S/c1-3-15(8-5-7-13)12(10(2)14)11-6-4-9-16-11/h4,6,9-10,12H,3,5,8,14H2,1-2H3. The lowest BCUT2D eigenvalue weighted by atomic mass is 10.1. The van der Waals surface area contributed by atoms with Crippen LogP contribution in [0.1, 0.15) is 31.2 Å². The highest BCUT2D eigenvalue weighted by atomic mass is 32.1. The third kappa shape index (κ3) is 3.31. The SMILES string of the molecule is CCN(CCC#N)C(c1cccs1)C(C)N. The van der Waals surface area contributed by atoms with Crippen molar-refractivity contribution >= 4 is 11.3 Å². The van der Waals surface area contributed by atoms with Gasteiger partial charge in [0.05, 0.1) is 12.1 Å². The molecule has 0 radical (unpaired) electrons. The summed E-state index contributed by atoms with van der Waals surface area (Å²) in [4.78, 5) is 3.56. The van der Waals surface area contributed by atoms with Gasteiger partial charge in [-0.2, -0.15) is 5.26 Å². The van der Waals surface area contributed by atoms with E-state index in [1.165, 1.54) is 4.88 Å². The summed E-state index contributed by atoms with van der Waals surface area (Å²) in [5.41, 5.74) is 6.06. The van der Waals surface area contributed by atoms with Crippen molar-refractivity contribution in [2.24, 2.45) is 5.73 Å². The second-order valence-corrected chi connectivity index (χ2v) is 4.84.